The van der Waals surface area contributed by atoms with Crippen molar-refractivity contribution in [2.75, 3.05) is 13.6 Å². The van der Waals surface area contributed by atoms with Crippen molar-refractivity contribution in [3.05, 3.63) is 11.9 Å². The zero-order valence-corrected chi connectivity index (χ0v) is 12.9. The van der Waals surface area contributed by atoms with Crippen LogP contribution in [0.3, 0.4) is 0 Å². The van der Waals surface area contributed by atoms with Gasteiger partial charge in [0.25, 0.3) is 0 Å². The summed E-state index contributed by atoms with van der Waals surface area (Å²) in [6.45, 7) is 10.4. The van der Waals surface area contributed by atoms with Crippen molar-refractivity contribution in [2.45, 2.75) is 53.6 Å². The Morgan fingerprint density at radius 1 is 1.37 bits per heavy atom. The monoisotopic (exact) mass is 271 g/mol. The van der Waals surface area contributed by atoms with Crippen LogP contribution in [0.25, 0.3) is 0 Å². The molecule has 0 aliphatic heterocycles. The van der Waals surface area contributed by atoms with Gasteiger partial charge in [0.15, 0.2) is 0 Å². The summed E-state index contributed by atoms with van der Waals surface area (Å²) in [6, 6.07) is 0. The predicted molar refractivity (Wildman–Crippen MR) is 78.8 cm³/mol. The van der Waals surface area contributed by atoms with Crippen LogP contribution in [0.5, 0.6) is 0 Å². The molecule has 0 radical (unpaired) electrons. The van der Waals surface area contributed by atoms with E-state index in [2.05, 4.69) is 34.8 Å². The second kappa shape index (κ2) is 16.6. The molecule has 1 amide bonds. The molecule has 1 rings (SSSR count). The quantitative estimate of drug-likeness (QED) is 0.583. The lowest BCUT2D eigenvalue weighted by Crippen LogP contribution is -2.14. The minimum Gasteiger partial charge on any atom is -0.359 e. The maximum absolute atomic E-state index is 9.95. The molecule has 1 aromatic heterocycles. The second-order valence-electron chi connectivity index (χ2n) is 3.64. The average Bonchev–Trinajstić information content (AvgIpc) is 2.86. The fourth-order valence-electron chi connectivity index (χ4n) is 1.11. The number of nitrogens with zero attached hydrogens (tertiary/aromatic N) is 3. The zero-order valence-electron chi connectivity index (χ0n) is 12.9. The molecule has 0 unspecified atom stereocenters. The fraction of sp³-hybridized carbons (Fsp3) is 0.769. The Morgan fingerprint density at radius 2 is 2.00 bits per heavy atom. The minimum atomic E-state index is 0.671. The largest absolute Gasteiger partial charge is 0.359 e. The number of nitrogens with one attached hydrogen (secondary N) is 2. The van der Waals surface area contributed by atoms with Crippen LogP contribution in [-0.2, 0) is 17.9 Å². The first-order valence-corrected chi connectivity index (χ1v) is 6.99. The van der Waals surface area contributed by atoms with Crippen LogP contribution < -0.4 is 10.6 Å². The molecule has 0 fully saturated rings. The molecule has 0 aliphatic carbocycles. The molecule has 0 saturated heterocycles. The van der Waals surface area contributed by atoms with Gasteiger partial charge < -0.3 is 10.6 Å². The molecule has 6 nitrogen and oxygen atoms in total. The van der Waals surface area contributed by atoms with Crippen molar-refractivity contribution in [3.63, 3.8) is 0 Å². The lowest BCUT2D eigenvalue weighted by molar-refractivity contribution is -0.109. The van der Waals surface area contributed by atoms with Gasteiger partial charge >= 0.3 is 0 Å². The first kappa shape index (κ1) is 19.9. The number of hydrogen-bond acceptors (Lipinski definition) is 4. The van der Waals surface area contributed by atoms with Crippen molar-refractivity contribution >= 4 is 6.41 Å². The Kier molecular flexibility index (Phi) is 17.4. The third kappa shape index (κ3) is 12.8. The third-order valence-corrected chi connectivity index (χ3v) is 1.74. The van der Waals surface area contributed by atoms with Crippen LogP contribution in [-0.4, -0.2) is 35.0 Å². The Bertz CT molecular complexity index is 288. The number of amides is 1. The van der Waals surface area contributed by atoms with Crippen LogP contribution in [0.4, 0.5) is 0 Å². The molecule has 0 aromatic carbocycles. The lowest BCUT2D eigenvalue weighted by Gasteiger charge is -1.98. The van der Waals surface area contributed by atoms with E-state index in [-0.39, 0.29) is 0 Å². The van der Waals surface area contributed by atoms with Crippen LogP contribution in [0.15, 0.2) is 6.20 Å². The van der Waals surface area contributed by atoms with Crippen molar-refractivity contribution in [1.29, 1.82) is 0 Å². The third-order valence-electron chi connectivity index (χ3n) is 1.74. The molecule has 6 heteroatoms. The first-order valence-electron chi connectivity index (χ1n) is 6.99. The van der Waals surface area contributed by atoms with E-state index in [1.165, 1.54) is 6.42 Å². The molecule has 0 aliphatic rings. The maximum atomic E-state index is 9.95. The van der Waals surface area contributed by atoms with Gasteiger partial charge in [-0.1, -0.05) is 39.3 Å². The molecule has 112 valence electrons. The summed E-state index contributed by atoms with van der Waals surface area (Å²) in [6.07, 6.45) is 4.71. The van der Waals surface area contributed by atoms with Crippen LogP contribution >= 0.6 is 0 Å². The topological polar surface area (TPSA) is 71.8 Å². The van der Waals surface area contributed by atoms with Gasteiger partial charge in [0, 0.05) is 25.8 Å². The highest BCUT2D eigenvalue weighted by Crippen LogP contribution is 1.93. The van der Waals surface area contributed by atoms with Gasteiger partial charge in [-0.2, -0.15) is 0 Å². The molecule has 1 heterocycles. The zero-order chi connectivity index (χ0) is 14.9. The summed E-state index contributed by atoms with van der Waals surface area (Å²) in [5, 5.41) is 13.5. The van der Waals surface area contributed by atoms with Gasteiger partial charge in [0.2, 0.25) is 6.41 Å². The average molecular weight is 271 g/mol. The van der Waals surface area contributed by atoms with E-state index in [9.17, 15) is 4.79 Å². The summed E-state index contributed by atoms with van der Waals surface area (Å²) < 4.78 is 1.78. The van der Waals surface area contributed by atoms with E-state index in [1.807, 2.05) is 27.1 Å². The summed E-state index contributed by atoms with van der Waals surface area (Å²) in [7, 11) is 1.87. The molecule has 0 spiro atoms. The summed E-state index contributed by atoms with van der Waals surface area (Å²) in [5.74, 6) is 0. The van der Waals surface area contributed by atoms with Crippen molar-refractivity contribution in [3.8, 4) is 0 Å². The van der Waals surface area contributed by atoms with Crippen molar-refractivity contribution < 1.29 is 4.79 Å². The SMILES string of the molecule is CC.CCC.CNCc1cn(CCCNC=O)nn1. The smallest absolute Gasteiger partial charge is 0.207 e. The van der Waals surface area contributed by atoms with Crippen molar-refractivity contribution in [1.82, 2.24) is 25.6 Å². The Labute approximate surface area is 117 Å². The number of carbonyl (C=O) groups excluding carboxylic acids is 1. The van der Waals surface area contributed by atoms with Crippen LogP contribution in [0.2, 0.25) is 0 Å². The molecular weight excluding hydrogens is 242 g/mol. The van der Waals surface area contributed by atoms with Gasteiger partial charge in [0.1, 0.15) is 0 Å². The van der Waals surface area contributed by atoms with Crippen LogP contribution in [0, 0.1) is 0 Å². The van der Waals surface area contributed by atoms with Gasteiger partial charge in [-0.15, -0.1) is 5.10 Å². The van der Waals surface area contributed by atoms with E-state index in [1.54, 1.807) is 4.68 Å². The molecule has 1 aromatic rings. The number of aryl methyl sites for hydroxylation is 1. The van der Waals surface area contributed by atoms with E-state index in [0.29, 0.717) is 13.0 Å². The summed E-state index contributed by atoms with van der Waals surface area (Å²) in [4.78, 5) is 9.95. The maximum Gasteiger partial charge on any atom is 0.207 e. The first-order chi connectivity index (χ1) is 9.28. The molecule has 2 N–H and O–H groups in total. The highest BCUT2D eigenvalue weighted by Gasteiger charge is 1.98. The van der Waals surface area contributed by atoms with E-state index in [0.717, 1.165) is 25.2 Å². The van der Waals surface area contributed by atoms with Gasteiger partial charge in [-0.3, -0.25) is 9.48 Å². The Morgan fingerprint density at radius 3 is 2.53 bits per heavy atom. The van der Waals surface area contributed by atoms with Gasteiger partial charge in [-0.05, 0) is 13.5 Å². The second-order valence-corrected chi connectivity index (χ2v) is 3.64. The molecule has 0 atom stereocenters. The normalized spacial score (nSPS) is 8.68. The number of rotatable bonds is 7. The van der Waals surface area contributed by atoms with Gasteiger partial charge in [0.05, 0.1) is 5.69 Å². The van der Waals surface area contributed by atoms with Crippen molar-refractivity contribution in [2.24, 2.45) is 0 Å². The minimum absolute atomic E-state index is 0.671. The van der Waals surface area contributed by atoms with E-state index < -0.39 is 0 Å². The highest BCUT2D eigenvalue weighted by molar-refractivity contribution is 5.45. The fourth-order valence-corrected chi connectivity index (χ4v) is 1.11. The lowest BCUT2D eigenvalue weighted by atomic mass is 10.4. The van der Waals surface area contributed by atoms with E-state index in [4.69, 9.17) is 0 Å². The number of carbonyl (C=O) groups is 1. The molecular formula is C13H29N5O. The highest BCUT2D eigenvalue weighted by atomic mass is 16.1. The van der Waals surface area contributed by atoms with E-state index >= 15 is 0 Å². The van der Waals surface area contributed by atoms with Crippen LogP contribution in [0.1, 0.15) is 46.2 Å². The standard InChI is InChI=1S/C8H15N5O.C3H8.C2H6/c1-9-5-8-6-13(12-11-8)4-2-3-10-7-14;1-3-2;1-2/h6-7,9H,2-5H2,1H3,(H,10,14);3H2,1-2H3;1-2H3. The number of hydrogen-bond donors (Lipinski definition) is 2. The summed E-state index contributed by atoms with van der Waals surface area (Å²) >= 11 is 0. The summed E-state index contributed by atoms with van der Waals surface area (Å²) in [5.41, 5.74) is 0.927. The Balaban J connectivity index is 0. The molecule has 19 heavy (non-hydrogen) atoms. The molecule has 0 bridgehead atoms. The predicted octanol–water partition coefficient (Wildman–Crippen LogP) is 1.58. The molecule has 0 saturated carbocycles. The van der Waals surface area contributed by atoms with Gasteiger partial charge in [-0.25, -0.2) is 0 Å². The number of aromatic nitrogens is 3. The Hall–Kier alpha value is -1.43.